The molecule has 0 radical (unpaired) electrons. The highest BCUT2D eigenvalue weighted by Crippen LogP contribution is 2.29. The third-order valence-electron chi connectivity index (χ3n) is 3.87. The Hall–Kier alpha value is -1.32. The summed E-state index contributed by atoms with van der Waals surface area (Å²) in [4.78, 5) is 11.9. The molecule has 0 unspecified atom stereocenters. The van der Waals surface area contributed by atoms with E-state index in [1.165, 1.54) is 32.1 Å². The maximum Gasteiger partial charge on any atom is 0.225 e. The van der Waals surface area contributed by atoms with Crippen LogP contribution in [0, 0.1) is 0 Å². The van der Waals surface area contributed by atoms with Gasteiger partial charge in [0.25, 0.3) is 0 Å². The van der Waals surface area contributed by atoms with Crippen LogP contribution in [-0.4, -0.2) is 15.7 Å². The number of carbonyl (C=O) groups is 1. The number of hydrogen-bond acceptors (Lipinski definition) is 2. The van der Waals surface area contributed by atoms with E-state index in [0.717, 1.165) is 25.1 Å². The van der Waals surface area contributed by atoms with Gasteiger partial charge in [0.15, 0.2) is 0 Å². The van der Waals surface area contributed by atoms with Crippen molar-refractivity contribution in [2.75, 3.05) is 5.32 Å². The number of aromatic nitrogens is 2. The molecule has 1 aliphatic rings. The van der Waals surface area contributed by atoms with E-state index >= 15 is 0 Å². The predicted octanol–water partition coefficient (Wildman–Crippen LogP) is 3.91. The summed E-state index contributed by atoms with van der Waals surface area (Å²) < 4.78 is 2.01. The topological polar surface area (TPSA) is 46.9 Å². The van der Waals surface area contributed by atoms with E-state index in [1.807, 2.05) is 10.7 Å². The van der Waals surface area contributed by atoms with Crippen LogP contribution >= 0.6 is 0 Å². The molecule has 1 aromatic heterocycles. The molecule has 2 rings (SSSR count). The van der Waals surface area contributed by atoms with Crippen molar-refractivity contribution in [1.29, 1.82) is 0 Å². The summed E-state index contributed by atoms with van der Waals surface area (Å²) >= 11 is 0. The molecule has 0 spiro atoms. The molecule has 1 fully saturated rings. The van der Waals surface area contributed by atoms with Crippen LogP contribution in [0.2, 0.25) is 0 Å². The average Bonchev–Trinajstić information content (AvgIpc) is 2.88. The molecule has 1 heterocycles. The fourth-order valence-electron chi connectivity index (χ4n) is 2.77. The first kappa shape index (κ1) is 14.1. The lowest BCUT2D eigenvalue weighted by Gasteiger charge is -2.23. The van der Waals surface area contributed by atoms with Crippen molar-refractivity contribution in [1.82, 2.24) is 9.78 Å². The quantitative estimate of drug-likeness (QED) is 0.791. The van der Waals surface area contributed by atoms with Gasteiger partial charge in [-0.25, -0.2) is 4.68 Å². The molecule has 1 amide bonds. The smallest absolute Gasteiger partial charge is 0.225 e. The number of hydrogen-bond donors (Lipinski definition) is 1. The highest BCUT2D eigenvalue weighted by molar-refractivity contribution is 5.89. The van der Waals surface area contributed by atoms with Gasteiger partial charge < -0.3 is 5.32 Å². The zero-order chi connectivity index (χ0) is 13.5. The Balaban J connectivity index is 1.89. The average molecular weight is 263 g/mol. The van der Waals surface area contributed by atoms with E-state index in [9.17, 15) is 4.79 Å². The zero-order valence-corrected chi connectivity index (χ0v) is 11.9. The summed E-state index contributed by atoms with van der Waals surface area (Å²) in [6.07, 6.45) is 11.9. The highest BCUT2D eigenvalue weighted by atomic mass is 16.1. The Bertz CT molecular complexity index is 394. The number of nitrogens with one attached hydrogen (secondary N) is 1. The Kier molecular flexibility index (Phi) is 5.43. The van der Waals surface area contributed by atoms with E-state index in [1.54, 1.807) is 6.20 Å². The summed E-state index contributed by atoms with van der Waals surface area (Å²) in [5, 5.41) is 7.40. The number of carbonyl (C=O) groups excluding carboxylic acids is 1. The minimum Gasteiger partial charge on any atom is -0.311 e. The summed E-state index contributed by atoms with van der Waals surface area (Å²) in [6.45, 7) is 2.15. The molecule has 0 atom stereocenters. The Labute approximate surface area is 115 Å². The van der Waals surface area contributed by atoms with Gasteiger partial charge in [-0.1, -0.05) is 39.0 Å². The number of amides is 1. The van der Waals surface area contributed by atoms with Crippen molar-refractivity contribution in [3.05, 3.63) is 12.3 Å². The van der Waals surface area contributed by atoms with Crippen molar-refractivity contribution in [2.24, 2.45) is 0 Å². The molecule has 1 N–H and O–H groups in total. The Morgan fingerprint density at radius 3 is 2.89 bits per heavy atom. The normalized spacial score (nSPS) is 16.5. The van der Waals surface area contributed by atoms with Gasteiger partial charge in [-0.2, -0.15) is 5.10 Å². The summed E-state index contributed by atoms with van der Waals surface area (Å²) in [6, 6.07) is 2.38. The summed E-state index contributed by atoms with van der Waals surface area (Å²) in [5.41, 5.74) is 0. The lowest BCUT2D eigenvalue weighted by molar-refractivity contribution is -0.116. The molecule has 4 nitrogen and oxygen atoms in total. The zero-order valence-electron chi connectivity index (χ0n) is 11.9. The van der Waals surface area contributed by atoms with Crippen LogP contribution in [0.25, 0.3) is 0 Å². The van der Waals surface area contributed by atoms with Crippen LogP contribution in [0.3, 0.4) is 0 Å². The molecule has 1 saturated carbocycles. The van der Waals surface area contributed by atoms with Crippen molar-refractivity contribution in [3.8, 4) is 0 Å². The number of anilines is 1. The Morgan fingerprint density at radius 1 is 1.37 bits per heavy atom. The molecule has 4 heteroatoms. The molecule has 0 saturated heterocycles. The van der Waals surface area contributed by atoms with Crippen LogP contribution in [0.4, 0.5) is 5.82 Å². The van der Waals surface area contributed by atoms with E-state index < -0.39 is 0 Å². The standard InChI is InChI=1S/C15H25N3O/c1-2-3-5-10-15(19)17-14-11-12-16-18(14)13-8-6-4-7-9-13/h11-13H,2-10H2,1H3,(H,17,19). The van der Waals surface area contributed by atoms with Gasteiger partial charge in [0, 0.05) is 12.5 Å². The maximum atomic E-state index is 11.9. The van der Waals surface area contributed by atoms with Crippen LogP contribution < -0.4 is 5.32 Å². The van der Waals surface area contributed by atoms with Gasteiger partial charge in [0.05, 0.1) is 12.2 Å². The molecule has 0 aliphatic heterocycles. The van der Waals surface area contributed by atoms with E-state index in [4.69, 9.17) is 0 Å². The largest absolute Gasteiger partial charge is 0.311 e. The third-order valence-corrected chi connectivity index (χ3v) is 3.87. The van der Waals surface area contributed by atoms with Gasteiger partial charge in [-0.15, -0.1) is 0 Å². The van der Waals surface area contributed by atoms with Crippen molar-refractivity contribution < 1.29 is 4.79 Å². The second kappa shape index (κ2) is 7.31. The third kappa shape index (κ3) is 4.08. The monoisotopic (exact) mass is 263 g/mol. The van der Waals surface area contributed by atoms with Gasteiger partial charge in [0.2, 0.25) is 5.91 Å². The molecular weight excluding hydrogens is 238 g/mol. The van der Waals surface area contributed by atoms with Crippen LogP contribution in [0.1, 0.15) is 70.8 Å². The molecular formula is C15H25N3O. The molecule has 1 aliphatic carbocycles. The highest BCUT2D eigenvalue weighted by Gasteiger charge is 2.18. The maximum absolute atomic E-state index is 11.9. The number of unbranched alkanes of at least 4 members (excludes halogenated alkanes) is 2. The molecule has 106 valence electrons. The fraction of sp³-hybridized carbons (Fsp3) is 0.733. The second-order valence-corrected chi connectivity index (χ2v) is 5.46. The number of rotatable bonds is 6. The van der Waals surface area contributed by atoms with Crippen LogP contribution in [-0.2, 0) is 4.79 Å². The lowest BCUT2D eigenvalue weighted by Crippen LogP contribution is -2.20. The van der Waals surface area contributed by atoms with Crippen molar-refractivity contribution >= 4 is 11.7 Å². The lowest BCUT2D eigenvalue weighted by atomic mass is 9.96. The van der Waals surface area contributed by atoms with E-state index in [0.29, 0.717) is 12.5 Å². The molecule has 0 bridgehead atoms. The first-order valence-electron chi connectivity index (χ1n) is 7.64. The van der Waals surface area contributed by atoms with Crippen LogP contribution in [0.5, 0.6) is 0 Å². The van der Waals surface area contributed by atoms with E-state index in [-0.39, 0.29) is 5.91 Å². The second-order valence-electron chi connectivity index (χ2n) is 5.46. The SMILES string of the molecule is CCCCCC(=O)Nc1ccnn1C1CCCCC1. The van der Waals surface area contributed by atoms with Gasteiger partial charge in [-0.05, 0) is 19.3 Å². The van der Waals surface area contributed by atoms with E-state index in [2.05, 4.69) is 17.3 Å². The first-order chi connectivity index (χ1) is 9.31. The summed E-state index contributed by atoms with van der Waals surface area (Å²) in [7, 11) is 0. The van der Waals surface area contributed by atoms with Gasteiger partial charge in [0.1, 0.15) is 5.82 Å². The predicted molar refractivity (Wildman–Crippen MR) is 77.1 cm³/mol. The number of nitrogens with zero attached hydrogens (tertiary/aromatic N) is 2. The van der Waals surface area contributed by atoms with Gasteiger partial charge >= 0.3 is 0 Å². The van der Waals surface area contributed by atoms with Gasteiger partial charge in [-0.3, -0.25) is 4.79 Å². The molecule has 0 aromatic carbocycles. The molecule has 1 aromatic rings. The van der Waals surface area contributed by atoms with Crippen molar-refractivity contribution in [2.45, 2.75) is 70.8 Å². The minimum absolute atomic E-state index is 0.117. The minimum atomic E-state index is 0.117. The summed E-state index contributed by atoms with van der Waals surface area (Å²) in [5.74, 6) is 0.986. The Morgan fingerprint density at radius 2 is 2.16 bits per heavy atom. The van der Waals surface area contributed by atoms with Crippen LogP contribution in [0.15, 0.2) is 12.3 Å². The first-order valence-corrected chi connectivity index (χ1v) is 7.64. The molecule has 19 heavy (non-hydrogen) atoms. The van der Waals surface area contributed by atoms with Crippen molar-refractivity contribution in [3.63, 3.8) is 0 Å². The fourth-order valence-corrected chi connectivity index (χ4v) is 2.77.